The summed E-state index contributed by atoms with van der Waals surface area (Å²) in [5, 5.41) is 11.9. The number of hydrogen-bond acceptors (Lipinski definition) is 6. The minimum Gasteiger partial charge on any atom is -0.465 e. The van der Waals surface area contributed by atoms with Gasteiger partial charge in [0, 0.05) is 0 Å². The topological polar surface area (TPSA) is 73.1 Å². The predicted molar refractivity (Wildman–Crippen MR) is 66.2 cm³/mol. The molecule has 2 heterocycles. The summed E-state index contributed by atoms with van der Waals surface area (Å²) in [5.74, 6) is 0.740. The van der Waals surface area contributed by atoms with Crippen LogP contribution in [0.5, 0.6) is 0 Å². The van der Waals surface area contributed by atoms with E-state index in [9.17, 15) is 4.79 Å². The highest BCUT2D eigenvalue weighted by Gasteiger charge is 2.34. The van der Waals surface area contributed by atoms with Crippen LogP contribution < -0.4 is 0 Å². The second-order valence-electron chi connectivity index (χ2n) is 5.15. The van der Waals surface area contributed by atoms with Crippen molar-refractivity contribution in [1.82, 2.24) is 25.1 Å². The number of carbonyl (C=O) groups excluding carboxylic acids is 1. The van der Waals surface area contributed by atoms with Crippen molar-refractivity contribution in [2.45, 2.75) is 51.2 Å². The van der Waals surface area contributed by atoms with Crippen molar-refractivity contribution in [2.24, 2.45) is 0 Å². The molecule has 1 aliphatic heterocycles. The Morgan fingerprint density at radius 3 is 3.00 bits per heavy atom. The Kier molecular flexibility index (Phi) is 3.46. The molecular weight excluding hydrogens is 246 g/mol. The third-order valence-electron chi connectivity index (χ3n) is 3.72. The van der Waals surface area contributed by atoms with Crippen molar-refractivity contribution in [3.8, 4) is 0 Å². The number of nitrogens with zero attached hydrogens (tertiary/aromatic N) is 5. The van der Waals surface area contributed by atoms with E-state index in [1.54, 1.807) is 0 Å². The highest BCUT2D eigenvalue weighted by atomic mass is 16.5. The zero-order valence-corrected chi connectivity index (χ0v) is 11.2. The van der Waals surface area contributed by atoms with Gasteiger partial charge in [0.2, 0.25) is 0 Å². The lowest BCUT2D eigenvalue weighted by Gasteiger charge is -2.21. The molecule has 0 bridgehead atoms. The molecule has 1 atom stereocenters. The first-order chi connectivity index (χ1) is 9.29. The number of aromatic nitrogens is 4. The predicted octanol–water partition coefficient (Wildman–Crippen LogP) is 0.535. The lowest BCUT2D eigenvalue weighted by molar-refractivity contribution is -0.148. The van der Waals surface area contributed by atoms with Gasteiger partial charge in [0.1, 0.15) is 6.04 Å². The number of likely N-dealkylation sites (tertiary alicyclic amines) is 1. The van der Waals surface area contributed by atoms with Gasteiger partial charge in [-0.2, -0.15) is 0 Å². The van der Waals surface area contributed by atoms with Crippen molar-refractivity contribution in [3.63, 3.8) is 0 Å². The maximum Gasteiger partial charge on any atom is 0.323 e. The highest BCUT2D eigenvalue weighted by Crippen LogP contribution is 2.34. The van der Waals surface area contributed by atoms with E-state index in [1.807, 2.05) is 11.6 Å². The van der Waals surface area contributed by atoms with Crippen LogP contribution in [0.3, 0.4) is 0 Å². The Bertz CT molecular complexity index is 457. The Morgan fingerprint density at radius 1 is 1.42 bits per heavy atom. The molecule has 1 saturated carbocycles. The Hall–Kier alpha value is -1.50. The zero-order valence-electron chi connectivity index (χ0n) is 11.2. The SMILES string of the molecule is CCOC(=O)C1CCCN1Cc1nnnn1C1CC1. The Morgan fingerprint density at radius 2 is 2.26 bits per heavy atom. The first kappa shape index (κ1) is 12.5. The molecule has 2 fully saturated rings. The minimum atomic E-state index is -0.135. The van der Waals surface area contributed by atoms with E-state index in [0.29, 0.717) is 19.2 Å². The molecule has 19 heavy (non-hydrogen) atoms. The summed E-state index contributed by atoms with van der Waals surface area (Å²) in [6, 6.07) is 0.331. The molecule has 0 radical (unpaired) electrons. The van der Waals surface area contributed by atoms with Crippen LogP contribution in [0.2, 0.25) is 0 Å². The summed E-state index contributed by atoms with van der Waals surface area (Å²) in [7, 11) is 0. The van der Waals surface area contributed by atoms with Gasteiger partial charge in [0.05, 0.1) is 19.2 Å². The number of hydrogen-bond donors (Lipinski definition) is 0. The summed E-state index contributed by atoms with van der Waals surface area (Å²) in [4.78, 5) is 14.0. The van der Waals surface area contributed by atoms with Crippen LogP contribution in [0.25, 0.3) is 0 Å². The van der Waals surface area contributed by atoms with E-state index in [-0.39, 0.29) is 12.0 Å². The first-order valence-electron chi connectivity index (χ1n) is 6.97. The van der Waals surface area contributed by atoms with E-state index in [4.69, 9.17) is 4.74 Å². The van der Waals surface area contributed by atoms with E-state index in [2.05, 4.69) is 20.4 Å². The second kappa shape index (κ2) is 5.24. The third kappa shape index (κ3) is 2.60. The van der Waals surface area contributed by atoms with E-state index < -0.39 is 0 Å². The molecule has 0 N–H and O–H groups in total. The summed E-state index contributed by atoms with van der Waals surface area (Å²) >= 11 is 0. The normalized spacial score (nSPS) is 23.7. The molecule has 7 nitrogen and oxygen atoms in total. The van der Waals surface area contributed by atoms with Crippen molar-refractivity contribution in [2.75, 3.05) is 13.2 Å². The van der Waals surface area contributed by atoms with Crippen LogP contribution in [0.1, 0.15) is 44.5 Å². The Balaban J connectivity index is 1.67. The van der Waals surface area contributed by atoms with Gasteiger partial charge in [-0.1, -0.05) is 0 Å². The second-order valence-corrected chi connectivity index (χ2v) is 5.15. The average Bonchev–Trinajstić information content (AvgIpc) is 2.96. The van der Waals surface area contributed by atoms with Gasteiger partial charge in [0.15, 0.2) is 5.82 Å². The molecule has 0 amide bonds. The van der Waals surface area contributed by atoms with E-state index in [1.165, 1.54) is 0 Å². The fourth-order valence-electron chi connectivity index (χ4n) is 2.62. The van der Waals surface area contributed by atoms with Gasteiger partial charge in [-0.05, 0) is 49.6 Å². The summed E-state index contributed by atoms with van der Waals surface area (Å²) in [6.45, 7) is 3.81. The van der Waals surface area contributed by atoms with Gasteiger partial charge in [-0.3, -0.25) is 9.69 Å². The molecule has 0 spiro atoms. The van der Waals surface area contributed by atoms with Crippen molar-refractivity contribution < 1.29 is 9.53 Å². The largest absolute Gasteiger partial charge is 0.465 e. The zero-order chi connectivity index (χ0) is 13.2. The van der Waals surface area contributed by atoms with Crippen LogP contribution >= 0.6 is 0 Å². The van der Waals surface area contributed by atoms with E-state index >= 15 is 0 Å². The van der Waals surface area contributed by atoms with Gasteiger partial charge in [-0.15, -0.1) is 5.10 Å². The average molecular weight is 265 g/mol. The summed E-state index contributed by atoms with van der Waals surface area (Å²) in [5.41, 5.74) is 0. The molecule has 1 aromatic rings. The molecular formula is C12H19N5O2. The molecule has 3 rings (SSSR count). The molecule has 1 aliphatic carbocycles. The van der Waals surface area contributed by atoms with Crippen molar-refractivity contribution in [1.29, 1.82) is 0 Å². The van der Waals surface area contributed by atoms with Gasteiger partial charge in [0.25, 0.3) is 0 Å². The van der Waals surface area contributed by atoms with Crippen LogP contribution in [0.15, 0.2) is 0 Å². The molecule has 1 saturated heterocycles. The quantitative estimate of drug-likeness (QED) is 0.723. The molecule has 0 aromatic carbocycles. The molecule has 7 heteroatoms. The van der Waals surface area contributed by atoms with Gasteiger partial charge >= 0.3 is 5.97 Å². The highest BCUT2D eigenvalue weighted by molar-refractivity contribution is 5.76. The van der Waals surface area contributed by atoms with Crippen LogP contribution in [0, 0.1) is 0 Å². The lowest BCUT2D eigenvalue weighted by atomic mass is 10.2. The van der Waals surface area contributed by atoms with Gasteiger partial charge < -0.3 is 4.74 Å². The number of esters is 1. The van der Waals surface area contributed by atoms with Crippen LogP contribution in [-0.2, 0) is 16.1 Å². The standard InChI is InChI=1S/C12H19N5O2/c1-2-19-12(18)10-4-3-7-16(10)8-11-13-14-15-17(11)9-5-6-9/h9-10H,2-8H2,1H3. The molecule has 1 aromatic heterocycles. The monoisotopic (exact) mass is 265 g/mol. The number of tetrazole rings is 1. The maximum absolute atomic E-state index is 11.9. The van der Waals surface area contributed by atoms with Crippen molar-refractivity contribution in [3.05, 3.63) is 5.82 Å². The Labute approximate surface area is 111 Å². The number of ether oxygens (including phenoxy) is 1. The maximum atomic E-state index is 11.9. The third-order valence-corrected chi connectivity index (χ3v) is 3.72. The molecule has 2 aliphatic rings. The molecule has 1 unspecified atom stereocenters. The number of carbonyl (C=O) groups is 1. The van der Waals surface area contributed by atoms with Crippen LogP contribution in [-0.4, -0.2) is 50.3 Å². The summed E-state index contributed by atoms with van der Waals surface area (Å²) < 4.78 is 7.03. The fraction of sp³-hybridized carbons (Fsp3) is 0.833. The number of rotatable bonds is 5. The summed E-state index contributed by atoms with van der Waals surface area (Å²) in [6.07, 6.45) is 4.19. The fourth-order valence-corrected chi connectivity index (χ4v) is 2.62. The van der Waals surface area contributed by atoms with Crippen LogP contribution in [0.4, 0.5) is 0 Å². The first-order valence-corrected chi connectivity index (χ1v) is 6.97. The minimum absolute atomic E-state index is 0.120. The molecule has 104 valence electrons. The van der Waals surface area contributed by atoms with E-state index in [0.717, 1.165) is 38.1 Å². The van der Waals surface area contributed by atoms with Gasteiger partial charge in [-0.25, -0.2) is 4.68 Å². The lowest BCUT2D eigenvalue weighted by Crippen LogP contribution is -2.37. The van der Waals surface area contributed by atoms with Crippen molar-refractivity contribution >= 4 is 5.97 Å². The smallest absolute Gasteiger partial charge is 0.323 e.